The summed E-state index contributed by atoms with van der Waals surface area (Å²) in [5.74, 6) is 0.0187. The molecule has 1 fully saturated rings. The van der Waals surface area contributed by atoms with E-state index in [1.54, 1.807) is 31.3 Å². The molecular formula is C37H52N4O5. The van der Waals surface area contributed by atoms with Crippen LogP contribution in [0.2, 0.25) is 0 Å². The molecule has 1 unspecified atom stereocenters. The fourth-order valence-electron chi connectivity index (χ4n) is 5.51. The SMILES string of the molecule is COC1(CN(C=O)/C2=C/CC/C=C(/CC(=O)O)C=C=C2)CCCNCC1.COc1ccc(C2=NN(C(C)(C)C)C=C(C)CC2)cc1. The number of hydrogen-bond acceptors (Lipinski definition) is 7. The van der Waals surface area contributed by atoms with Crippen LogP contribution in [-0.2, 0) is 14.3 Å². The van der Waals surface area contributed by atoms with Gasteiger partial charge >= 0.3 is 5.97 Å². The first-order valence-corrected chi connectivity index (χ1v) is 16.2. The number of hydrazone groups is 1. The summed E-state index contributed by atoms with van der Waals surface area (Å²) >= 11 is 0. The van der Waals surface area contributed by atoms with Crippen molar-refractivity contribution in [1.82, 2.24) is 15.2 Å². The number of allylic oxidation sites excluding steroid dienone is 4. The molecule has 9 nitrogen and oxygen atoms in total. The van der Waals surface area contributed by atoms with Crippen molar-refractivity contribution in [2.24, 2.45) is 5.10 Å². The first-order chi connectivity index (χ1) is 22.0. The monoisotopic (exact) mass is 632 g/mol. The number of methoxy groups -OCH3 is 2. The van der Waals surface area contributed by atoms with Gasteiger partial charge in [0, 0.05) is 25.1 Å². The standard InChI is InChI=1S/C20H28N2O4.C17H24N2O/c1-26-20(10-5-12-21-13-11-20)15-22(16-23)18-8-3-2-6-17(7-4-9-18)14-19(24)25;1-13-6-11-16(18-19(12-13)17(2,3)4)14-7-9-15(20-5)10-8-14/h6-9,16,21H,2-3,5,10-15H2,1H3,(H,24,25);7-10,12H,6,11H2,1-5H3/b17-6+,18-8+;. The molecule has 1 amide bonds. The van der Waals surface area contributed by atoms with Gasteiger partial charge in [-0.05, 0) is 127 Å². The fraction of sp³-hybridized carbons (Fsp3) is 0.514. The van der Waals surface area contributed by atoms with E-state index in [1.807, 2.05) is 24.3 Å². The van der Waals surface area contributed by atoms with Crippen molar-refractivity contribution >= 4 is 18.1 Å². The Kier molecular flexibility index (Phi) is 14.1. The topological polar surface area (TPSA) is 104 Å². The van der Waals surface area contributed by atoms with Gasteiger partial charge < -0.3 is 24.8 Å². The van der Waals surface area contributed by atoms with Crippen LogP contribution in [0.25, 0.3) is 0 Å². The summed E-state index contributed by atoms with van der Waals surface area (Å²) in [5, 5.41) is 19.3. The second kappa shape index (κ2) is 17.7. The molecule has 46 heavy (non-hydrogen) atoms. The molecule has 0 aromatic heterocycles. The van der Waals surface area contributed by atoms with Gasteiger partial charge in [-0.2, -0.15) is 5.10 Å². The highest BCUT2D eigenvalue weighted by atomic mass is 16.5. The van der Waals surface area contributed by atoms with E-state index in [0.717, 1.165) is 87.2 Å². The van der Waals surface area contributed by atoms with Gasteiger partial charge in [0.15, 0.2) is 0 Å². The molecule has 1 aliphatic carbocycles. The second-order valence-electron chi connectivity index (χ2n) is 13.0. The Balaban J connectivity index is 0.000000259. The highest BCUT2D eigenvalue weighted by Gasteiger charge is 2.33. The summed E-state index contributed by atoms with van der Waals surface area (Å²) in [7, 11) is 3.40. The van der Waals surface area contributed by atoms with Crippen LogP contribution in [0.3, 0.4) is 0 Å². The summed E-state index contributed by atoms with van der Waals surface area (Å²) in [6.07, 6.45) is 16.6. The van der Waals surface area contributed by atoms with Gasteiger partial charge in [-0.3, -0.25) is 14.6 Å². The lowest BCUT2D eigenvalue weighted by molar-refractivity contribution is -0.136. The maximum absolute atomic E-state index is 11.8. The minimum Gasteiger partial charge on any atom is -0.497 e. The Morgan fingerprint density at radius 3 is 2.50 bits per heavy atom. The largest absolute Gasteiger partial charge is 0.497 e. The minimum absolute atomic E-state index is 0.0106. The van der Waals surface area contributed by atoms with Crippen molar-refractivity contribution in [3.05, 3.63) is 82.9 Å². The predicted octanol–water partition coefficient (Wildman–Crippen LogP) is 6.59. The molecular weight excluding hydrogens is 580 g/mol. The molecule has 3 aliphatic rings. The number of benzene rings is 1. The maximum Gasteiger partial charge on any atom is 0.307 e. The number of rotatable bonds is 9. The third-order valence-electron chi connectivity index (χ3n) is 8.31. The molecule has 0 spiro atoms. The number of nitrogens with one attached hydrogen (secondary N) is 1. The molecule has 1 aromatic rings. The summed E-state index contributed by atoms with van der Waals surface area (Å²) in [6, 6.07) is 8.15. The quantitative estimate of drug-likeness (QED) is 0.234. The molecule has 2 heterocycles. The first-order valence-electron chi connectivity index (χ1n) is 16.2. The van der Waals surface area contributed by atoms with Crippen LogP contribution in [0.15, 0.2) is 82.4 Å². The molecule has 2 aliphatic heterocycles. The third-order valence-corrected chi connectivity index (χ3v) is 8.31. The molecule has 250 valence electrons. The van der Waals surface area contributed by atoms with Crippen LogP contribution in [0.4, 0.5) is 0 Å². The Labute approximate surface area is 275 Å². The number of aliphatic carboxylic acids is 1. The summed E-state index contributed by atoms with van der Waals surface area (Å²) in [4.78, 5) is 24.4. The molecule has 2 N–H and O–H groups in total. The minimum atomic E-state index is -0.861. The lowest BCUT2D eigenvalue weighted by Crippen LogP contribution is -2.44. The van der Waals surface area contributed by atoms with Crippen LogP contribution >= 0.6 is 0 Å². The van der Waals surface area contributed by atoms with Crippen LogP contribution in [-0.4, -0.2) is 78.1 Å². The van der Waals surface area contributed by atoms with Gasteiger partial charge in [0.1, 0.15) is 5.75 Å². The van der Waals surface area contributed by atoms with Crippen molar-refractivity contribution in [2.75, 3.05) is 33.9 Å². The predicted molar refractivity (Wildman–Crippen MR) is 184 cm³/mol. The Morgan fingerprint density at radius 1 is 1.11 bits per heavy atom. The Morgan fingerprint density at radius 2 is 1.85 bits per heavy atom. The number of ether oxygens (including phenoxy) is 2. The van der Waals surface area contributed by atoms with Crippen molar-refractivity contribution < 1.29 is 24.2 Å². The second-order valence-corrected chi connectivity index (χ2v) is 13.0. The Bertz CT molecular complexity index is 1350. The van der Waals surface area contributed by atoms with E-state index >= 15 is 0 Å². The average molecular weight is 633 g/mol. The molecule has 1 atom stereocenters. The number of amides is 1. The van der Waals surface area contributed by atoms with Crippen LogP contribution in [0.1, 0.15) is 84.6 Å². The highest BCUT2D eigenvalue weighted by Crippen LogP contribution is 2.27. The number of carboxylic acid groups (broad SMARTS) is 1. The molecule has 0 bridgehead atoms. The zero-order valence-electron chi connectivity index (χ0n) is 28.5. The summed E-state index contributed by atoms with van der Waals surface area (Å²) in [6.45, 7) is 11.0. The molecule has 1 saturated heterocycles. The molecule has 1 aromatic carbocycles. The van der Waals surface area contributed by atoms with Crippen LogP contribution in [0, 0.1) is 0 Å². The van der Waals surface area contributed by atoms with Gasteiger partial charge in [-0.1, -0.05) is 17.7 Å². The molecule has 4 rings (SSSR count). The Hall–Kier alpha value is -3.91. The number of nitrogens with zero attached hydrogens (tertiary/aromatic N) is 3. The lowest BCUT2D eigenvalue weighted by atomic mass is 9.93. The third kappa shape index (κ3) is 11.5. The number of hydrogen-bond donors (Lipinski definition) is 2. The summed E-state index contributed by atoms with van der Waals surface area (Å²) in [5.41, 5.74) is 7.83. The molecule has 0 radical (unpaired) electrons. The van der Waals surface area contributed by atoms with E-state index < -0.39 is 5.97 Å². The van der Waals surface area contributed by atoms with E-state index in [-0.39, 0.29) is 17.6 Å². The smallest absolute Gasteiger partial charge is 0.307 e. The lowest BCUT2D eigenvalue weighted by Gasteiger charge is -2.35. The van der Waals surface area contributed by atoms with E-state index in [2.05, 4.69) is 62.1 Å². The van der Waals surface area contributed by atoms with Gasteiger partial charge in [-0.25, -0.2) is 0 Å². The zero-order chi connectivity index (χ0) is 33.6. The molecule has 0 saturated carbocycles. The van der Waals surface area contributed by atoms with Crippen molar-refractivity contribution in [1.29, 1.82) is 0 Å². The van der Waals surface area contributed by atoms with Gasteiger partial charge in [0.25, 0.3) is 0 Å². The average Bonchev–Trinajstić information content (AvgIpc) is 3.34. The molecule has 9 heteroatoms. The summed E-state index contributed by atoms with van der Waals surface area (Å²) < 4.78 is 11.1. The first kappa shape index (κ1) is 36.6. The van der Waals surface area contributed by atoms with Crippen molar-refractivity contribution in [3.8, 4) is 5.75 Å². The number of carboxylic acids is 1. The van der Waals surface area contributed by atoms with E-state index in [9.17, 15) is 9.59 Å². The van der Waals surface area contributed by atoms with Gasteiger partial charge in [0.05, 0.1) is 36.9 Å². The van der Waals surface area contributed by atoms with Gasteiger partial charge in [-0.15, -0.1) is 5.73 Å². The zero-order valence-corrected chi connectivity index (χ0v) is 28.5. The number of carbonyl (C=O) groups excluding carboxylic acids is 1. The van der Waals surface area contributed by atoms with Gasteiger partial charge in [0.2, 0.25) is 6.41 Å². The maximum atomic E-state index is 11.8. The fourth-order valence-corrected chi connectivity index (χ4v) is 5.51. The normalized spacial score (nSPS) is 22.8. The van der Waals surface area contributed by atoms with Crippen LogP contribution in [0.5, 0.6) is 5.75 Å². The van der Waals surface area contributed by atoms with E-state index in [4.69, 9.17) is 19.7 Å². The highest BCUT2D eigenvalue weighted by molar-refractivity contribution is 6.00. The number of carbonyl (C=O) groups is 2. The van der Waals surface area contributed by atoms with Crippen LogP contribution < -0.4 is 10.1 Å². The van der Waals surface area contributed by atoms with Crippen molar-refractivity contribution in [2.45, 2.75) is 90.2 Å². The van der Waals surface area contributed by atoms with E-state index in [0.29, 0.717) is 6.54 Å². The van der Waals surface area contributed by atoms with E-state index in [1.165, 1.54) is 11.1 Å². The van der Waals surface area contributed by atoms with Crippen molar-refractivity contribution in [3.63, 3.8) is 0 Å².